The Morgan fingerprint density at radius 3 is 2.26 bits per heavy atom. The van der Waals surface area contributed by atoms with E-state index >= 15 is 0 Å². The molecule has 3 rings (SSSR count). The van der Waals surface area contributed by atoms with E-state index in [4.69, 9.17) is 11.6 Å². The predicted molar refractivity (Wildman–Crippen MR) is 152 cm³/mol. The van der Waals surface area contributed by atoms with Gasteiger partial charge in [0.2, 0.25) is 11.8 Å². The third kappa shape index (κ3) is 7.14. The first-order valence-corrected chi connectivity index (χ1v) is 14.3. The van der Waals surface area contributed by atoms with Gasteiger partial charge in [-0.15, -0.1) is 0 Å². The van der Waals surface area contributed by atoms with Crippen molar-refractivity contribution in [2.45, 2.75) is 45.1 Å². The average Bonchev–Trinajstić information content (AvgIpc) is 2.89. The van der Waals surface area contributed by atoms with Crippen LogP contribution in [0.15, 0.2) is 77.7 Å². The molecule has 202 valence electrons. The highest BCUT2D eigenvalue weighted by molar-refractivity contribution is 7.92. The largest absolute Gasteiger partial charge is 0.355 e. The average molecular weight is 556 g/mol. The maximum absolute atomic E-state index is 13.9. The lowest BCUT2D eigenvalue weighted by atomic mass is 10.1. The van der Waals surface area contributed by atoms with Crippen LogP contribution in [0.4, 0.5) is 5.69 Å². The van der Waals surface area contributed by atoms with Gasteiger partial charge in [0, 0.05) is 18.1 Å². The molecule has 7 nitrogen and oxygen atoms in total. The number of likely N-dealkylation sites (N-methyl/N-ethyl adjacent to an activating group) is 1. The molecule has 0 aliphatic carbocycles. The summed E-state index contributed by atoms with van der Waals surface area (Å²) in [6.45, 7) is 7.25. The maximum Gasteiger partial charge on any atom is 0.264 e. The van der Waals surface area contributed by atoms with Gasteiger partial charge in [0.25, 0.3) is 10.0 Å². The second-order valence-corrected chi connectivity index (χ2v) is 11.4. The van der Waals surface area contributed by atoms with Crippen LogP contribution in [0.5, 0.6) is 0 Å². The Morgan fingerprint density at radius 2 is 1.63 bits per heavy atom. The fourth-order valence-electron chi connectivity index (χ4n) is 4.09. The highest BCUT2D eigenvalue weighted by Crippen LogP contribution is 2.30. The number of nitrogens with zero attached hydrogens (tertiary/aromatic N) is 2. The quantitative estimate of drug-likeness (QED) is 0.370. The fourth-order valence-corrected chi connectivity index (χ4v) is 5.73. The molecule has 0 aliphatic heterocycles. The van der Waals surface area contributed by atoms with E-state index in [1.54, 1.807) is 45.0 Å². The molecule has 0 saturated heterocycles. The zero-order valence-corrected chi connectivity index (χ0v) is 23.7. The molecular formula is C29H34ClN3O4S. The Balaban J connectivity index is 2.02. The number of aryl methyl sites for hydroxylation is 2. The molecule has 0 radical (unpaired) electrons. The first kappa shape index (κ1) is 29.2. The number of sulfonamides is 1. The molecule has 3 aromatic rings. The third-order valence-corrected chi connectivity index (χ3v) is 8.34. The number of hydrogen-bond donors (Lipinski definition) is 1. The van der Waals surface area contributed by atoms with Gasteiger partial charge in [0.1, 0.15) is 12.6 Å². The molecule has 0 aromatic heterocycles. The minimum Gasteiger partial charge on any atom is -0.355 e. The van der Waals surface area contributed by atoms with Gasteiger partial charge in [0.05, 0.1) is 10.6 Å². The van der Waals surface area contributed by atoms with Crippen molar-refractivity contribution in [3.63, 3.8) is 0 Å². The number of amides is 2. The van der Waals surface area contributed by atoms with Crippen LogP contribution in [0.3, 0.4) is 0 Å². The van der Waals surface area contributed by atoms with E-state index in [0.29, 0.717) is 29.2 Å². The molecule has 2 amide bonds. The monoisotopic (exact) mass is 555 g/mol. The van der Waals surface area contributed by atoms with E-state index < -0.39 is 28.5 Å². The summed E-state index contributed by atoms with van der Waals surface area (Å²) in [5, 5.41) is 3.11. The number of hydrogen-bond acceptors (Lipinski definition) is 4. The Morgan fingerprint density at radius 1 is 0.974 bits per heavy atom. The van der Waals surface area contributed by atoms with Crippen molar-refractivity contribution in [1.29, 1.82) is 0 Å². The van der Waals surface area contributed by atoms with Gasteiger partial charge in [-0.3, -0.25) is 13.9 Å². The van der Waals surface area contributed by atoms with E-state index in [1.807, 2.05) is 37.3 Å². The summed E-state index contributed by atoms with van der Waals surface area (Å²) in [5.74, 6) is -0.796. The maximum atomic E-state index is 13.9. The van der Waals surface area contributed by atoms with Crippen molar-refractivity contribution in [2.75, 3.05) is 23.9 Å². The molecule has 1 N–H and O–H groups in total. The van der Waals surface area contributed by atoms with Gasteiger partial charge in [-0.05, 0) is 69.5 Å². The minimum absolute atomic E-state index is 0.0582. The van der Waals surface area contributed by atoms with Gasteiger partial charge in [0.15, 0.2) is 0 Å². The Hall–Kier alpha value is -3.36. The number of benzene rings is 3. The predicted octanol–water partition coefficient (Wildman–Crippen LogP) is 4.75. The SMILES string of the molecule is CCNC(=O)C(C)N(CCc1ccccc1)C(=O)CN(c1cc(Cl)ccc1C)S(=O)(=O)c1ccc(C)cc1. The Bertz CT molecular complexity index is 1360. The lowest BCUT2D eigenvalue weighted by Gasteiger charge is -2.32. The third-order valence-electron chi connectivity index (χ3n) is 6.33. The summed E-state index contributed by atoms with van der Waals surface area (Å²) < 4.78 is 28.9. The molecule has 9 heteroatoms. The van der Waals surface area contributed by atoms with Crippen LogP contribution in [0, 0.1) is 13.8 Å². The number of carbonyl (C=O) groups is 2. The van der Waals surface area contributed by atoms with Crippen molar-refractivity contribution >= 4 is 39.1 Å². The lowest BCUT2D eigenvalue weighted by molar-refractivity contribution is -0.138. The summed E-state index contributed by atoms with van der Waals surface area (Å²) in [7, 11) is -4.14. The summed E-state index contributed by atoms with van der Waals surface area (Å²) in [6.07, 6.45) is 0.511. The molecule has 38 heavy (non-hydrogen) atoms. The molecule has 0 bridgehead atoms. The zero-order chi connectivity index (χ0) is 27.9. The Labute approximate surface area is 230 Å². The minimum atomic E-state index is -4.14. The first-order valence-electron chi connectivity index (χ1n) is 12.5. The Kier molecular flexibility index (Phi) is 9.94. The van der Waals surface area contributed by atoms with Gasteiger partial charge < -0.3 is 10.2 Å². The van der Waals surface area contributed by atoms with Crippen LogP contribution in [-0.2, 0) is 26.0 Å². The van der Waals surface area contributed by atoms with Crippen LogP contribution >= 0.6 is 11.6 Å². The number of carbonyl (C=O) groups excluding carboxylic acids is 2. The second kappa shape index (κ2) is 12.9. The lowest BCUT2D eigenvalue weighted by Crippen LogP contribution is -2.52. The van der Waals surface area contributed by atoms with Gasteiger partial charge in [-0.25, -0.2) is 8.42 Å². The molecule has 0 fully saturated rings. The summed E-state index contributed by atoms with van der Waals surface area (Å²) in [4.78, 5) is 28.1. The molecule has 3 aromatic carbocycles. The van der Waals surface area contributed by atoms with Crippen molar-refractivity contribution in [2.24, 2.45) is 0 Å². The van der Waals surface area contributed by atoms with Crippen LogP contribution in [0.25, 0.3) is 0 Å². The van der Waals surface area contributed by atoms with E-state index in [9.17, 15) is 18.0 Å². The van der Waals surface area contributed by atoms with Crippen molar-refractivity contribution in [3.8, 4) is 0 Å². The van der Waals surface area contributed by atoms with Gasteiger partial charge >= 0.3 is 0 Å². The molecule has 0 aliphatic rings. The highest BCUT2D eigenvalue weighted by atomic mass is 35.5. The smallest absolute Gasteiger partial charge is 0.264 e. The number of halogens is 1. The molecule has 1 atom stereocenters. The molecular weight excluding hydrogens is 522 g/mol. The van der Waals surface area contributed by atoms with E-state index in [-0.39, 0.29) is 17.3 Å². The van der Waals surface area contributed by atoms with Crippen molar-refractivity contribution < 1.29 is 18.0 Å². The molecule has 0 spiro atoms. The van der Waals surface area contributed by atoms with Crippen LogP contribution in [0.1, 0.15) is 30.5 Å². The van der Waals surface area contributed by atoms with Gasteiger partial charge in [-0.2, -0.15) is 0 Å². The molecule has 0 saturated carbocycles. The van der Waals surface area contributed by atoms with Crippen LogP contribution in [0.2, 0.25) is 5.02 Å². The molecule has 0 heterocycles. The second-order valence-electron chi connectivity index (χ2n) is 9.15. The number of anilines is 1. The highest BCUT2D eigenvalue weighted by Gasteiger charge is 2.33. The van der Waals surface area contributed by atoms with E-state index in [0.717, 1.165) is 15.4 Å². The van der Waals surface area contributed by atoms with Gasteiger partial charge in [-0.1, -0.05) is 65.7 Å². The summed E-state index contributed by atoms with van der Waals surface area (Å²) in [6, 6.07) is 20.2. The van der Waals surface area contributed by atoms with Crippen LogP contribution < -0.4 is 9.62 Å². The summed E-state index contributed by atoms with van der Waals surface area (Å²) >= 11 is 6.25. The van der Waals surface area contributed by atoms with E-state index in [1.165, 1.54) is 23.1 Å². The summed E-state index contributed by atoms with van der Waals surface area (Å²) in [5.41, 5.74) is 2.86. The number of nitrogens with one attached hydrogen (secondary N) is 1. The zero-order valence-electron chi connectivity index (χ0n) is 22.1. The topological polar surface area (TPSA) is 86.8 Å². The number of rotatable bonds is 11. The van der Waals surface area contributed by atoms with Crippen molar-refractivity contribution in [3.05, 3.63) is 94.5 Å². The standard InChI is InChI=1S/C29H34ClN3O4S/c1-5-31-29(35)23(4)32(18-17-24-9-7-6-8-10-24)28(34)20-33(27-19-25(30)14-13-22(27)3)38(36,37)26-15-11-21(2)12-16-26/h6-16,19,23H,5,17-18,20H2,1-4H3,(H,31,35). The first-order chi connectivity index (χ1) is 18.0. The van der Waals surface area contributed by atoms with Crippen LogP contribution in [-0.4, -0.2) is 50.8 Å². The molecule has 1 unspecified atom stereocenters. The fraction of sp³-hybridized carbons (Fsp3) is 0.310. The van der Waals surface area contributed by atoms with Crippen molar-refractivity contribution in [1.82, 2.24) is 10.2 Å². The van der Waals surface area contributed by atoms with E-state index in [2.05, 4.69) is 5.32 Å². The normalized spacial score (nSPS) is 12.0.